The number of carbonyl (C=O) groups excluding carboxylic acids is 1. The highest BCUT2D eigenvalue weighted by molar-refractivity contribution is 5.78. The molecule has 1 atom stereocenters. The molecule has 0 aromatic carbocycles. The molecule has 3 N–H and O–H groups in total. The summed E-state index contributed by atoms with van der Waals surface area (Å²) in [6.45, 7) is 11.2. The number of nitrogens with two attached hydrogens (primary N) is 1. The van der Waals surface area contributed by atoms with E-state index in [1.54, 1.807) is 17.3 Å². The predicted molar refractivity (Wildman–Crippen MR) is 105 cm³/mol. The number of nitrogens with zero attached hydrogens (tertiary/aromatic N) is 3. The average Bonchev–Trinajstić information content (AvgIpc) is 2.56. The summed E-state index contributed by atoms with van der Waals surface area (Å²) in [4.78, 5) is 22.6. The van der Waals surface area contributed by atoms with E-state index in [2.05, 4.69) is 29.1 Å². The van der Waals surface area contributed by atoms with Crippen molar-refractivity contribution in [3.63, 3.8) is 0 Å². The Morgan fingerprint density at radius 1 is 1.46 bits per heavy atom. The second-order valence-electron chi connectivity index (χ2n) is 7.34. The van der Waals surface area contributed by atoms with Crippen molar-refractivity contribution < 1.29 is 9.53 Å². The molecule has 0 saturated heterocycles. The monoisotopic (exact) mass is 363 g/mol. The van der Waals surface area contributed by atoms with Crippen LogP contribution in [0, 0.1) is 0 Å². The van der Waals surface area contributed by atoms with E-state index in [1.807, 2.05) is 32.9 Å². The lowest BCUT2D eigenvalue weighted by atomic mass is 10.2. The van der Waals surface area contributed by atoms with Gasteiger partial charge in [0.1, 0.15) is 5.60 Å². The third-order valence-corrected chi connectivity index (χ3v) is 3.62. The van der Waals surface area contributed by atoms with Crippen molar-refractivity contribution in [1.29, 1.82) is 0 Å². The van der Waals surface area contributed by atoms with E-state index < -0.39 is 5.60 Å². The van der Waals surface area contributed by atoms with E-state index in [1.165, 1.54) is 0 Å². The summed E-state index contributed by atoms with van der Waals surface area (Å²) in [7, 11) is 0. The number of amides is 1. The molecule has 0 aliphatic heterocycles. The Morgan fingerprint density at radius 2 is 2.19 bits per heavy atom. The minimum Gasteiger partial charge on any atom is -0.444 e. The average molecular weight is 364 g/mol. The summed E-state index contributed by atoms with van der Waals surface area (Å²) in [5.41, 5.74) is 6.28. The number of hydrogen-bond donors (Lipinski definition) is 2. The number of aromatic nitrogens is 1. The second-order valence-corrected chi connectivity index (χ2v) is 7.34. The van der Waals surface area contributed by atoms with E-state index in [4.69, 9.17) is 10.5 Å². The fourth-order valence-corrected chi connectivity index (χ4v) is 2.13. The molecular weight excluding hydrogens is 330 g/mol. The van der Waals surface area contributed by atoms with E-state index in [-0.39, 0.29) is 6.09 Å². The van der Waals surface area contributed by atoms with Gasteiger partial charge in [0.15, 0.2) is 5.96 Å². The van der Waals surface area contributed by atoms with Crippen LogP contribution in [-0.4, -0.2) is 46.7 Å². The van der Waals surface area contributed by atoms with Gasteiger partial charge in [-0.3, -0.25) is 9.98 Å². The van der Waals surface area contributed by atoms with Crippen LogP contribution < -0.4 is 11.1 Å². The maximum atomic E-state index is 12.5. The van der Waals surface area contributed by atoms with Crippen molar-refractivity contribution in [2.75, 3.05) is 13.1 Å². The Hall–Kier alpha value is -2.31. The third-order valence-electron chi connectivity index (χ3n) is 3.62. The van der Waals surface area contributed by atoms with E-state index in [0.29, 0.717) is 38.1 Å². The third kappa shape index (κ3) is 9.25. The molecule has 1 unspecified atom stereocenters. The zero-order valence-electron chi connectivity index (χ0n) is 16.7. The predicted octanol–water partition coefficient (Wildman–Crippen LogP) is 2.91. The number of pyridine rings is 1. The molecule has 1 heterocycles. The van der Waals surface area contributed by atoms with Crippen molar-refractivity contribution in [2.45, 2.75) is 65.6 Å². The van der Waals surface area contributed by atoms with Gasteiger partial charge in [-0.15, -0.1) is 0 Å². The fourth-order valence-electron chi connectivity index (χ4n) is 2.13. The highest BCUT2D eigenvalue weighted by atomic mass is 16.6. The Morgan fingerprint density at radius 3 is 2.77 bits per heavy atom. The molecule has 7 heteroatoms. The van der Waals surface area contributed by atoms with Crippen LogP contribution >= 0.6 is 0 Å². The van der Waals surface area contributed by atoms with Gasteiger partial charge < -0.3 is 20.7 Å². The van der Waals surface area contributed by atoms with Crippen molar-refractivity contribution in [2.24, 2.45) is 10.7 Å². The Kier molecular flexibility index (Phi) is 8.88. The van der Waals surface area contributed by atoms with Gasteiger partial charge in [0.05, 0.1) is 6.54 Å². The van der Waals surface area contributed by atoms with Gasteiger partial charge >= 0.3 is 6.09 Å². The van der Waals surface area contributed by atoms with Crippen LogP contribution in [0.4, 0.5) is 4.79 Å². The second kappa shape index (κ2) is 10.6. The highest BCUT2D eigenvalue weighted by Gasteiger charge is 2.22. The smallest absolute Gasteiger partial charge is 0.410 e. The topological polar surface area (TPSA) is 92.8 Å². The number of ether oxygens (including phenoxy) is 1. The molecule has 1 amide bonds. The molecule has 0 bridgehead atoms. The largest absolute Gasteiger partial charge is 0.444 e. The quantitative estimate of drug-likeness (QED) is 0.421. The van der Waals surface area contributed by atoms with Crippen molar-refractivity contribution in [1.82, 2.24) is 15.2 Å². The number of nitrogens with one attached hydrogen (secondary N) is 1. The molecular formula is C19H33N5O2. The van der Waals surface area contributed by atoms with Gasteiger partial charge in [-0.2, -0.15) is 0 Å². The first-order chi connectivity index (χ1) is 12.2. The van der Waals surface area contributed by atoms with E-state index >= 15 is 0 Å². The Balaban J connectivity index is 2.61. The molecule has 0 saturated carbocycles. The molecule has 0 spiro atoms. The van der Waals surface area contributed by atoms with Crippen LogP contribution in [0.2, 0.25) is 0 Å². The normalized spacial score (nSPS) is 13.2. The highest BCUT2D eigenvalue weighted by Crippen LogP contribution is 2.13. The lowest BCUT2D eigenvalue weighted by molar-refractivity contribution is 0.0232. The minimum absolute atomic E-state index is 0.294. The van der Waals surface area contributed by atoms with Crippen LogP contribution in [0.3, 0.4) is 0 Å². The summed E-state index contributed by atoms with van der Waals surface area (Å²) < 4.78 is 5.51. The molecule has 0 fully saturated rings. The summed E-state index contributed by atoms with van der Waals surface area (Å²) >= 11 is 0. The lowest BCUT2D eigenvalue weighted by Crippen LogP contribution is -2.38. The molecule has 7 nitrogen and oxygen atoms in total. The molecule has 26 heavy (non-hydrogen) atoms. The molecule has 0 radical (unpaired) electrons. The van der Waals surface area contributed by atoms with Crippen LogP contribution in [0.5, 0.6) is 0 Å². The van der Waals surface area contributed by atoms with Gasteiger partial charge in [0.2, 0.25) is 0 Å². The Bertz CT molecular complexity index is 569. The first kappa shape index (κ1) is 21.7. The van der Waals surface area contributed by atoms with Gasteiger partial charge in [-0.1, -0.05) is 13.0 Å². The number of rotatable bonds is 8. The first-order valence-corrected chi connectivity index (χ1v) is 9.14. The molecule has 0 aliphatic carbocycles. The van der Waals surface area contributed by atoms with Crippen LogP contribution in [0.25, 0.3) is 0 Å². The number of guanidine groups is 1. The fraction of sp³-hybridized carbons (Fsp3) is 0.632. The summed E-state index contributed by atoms with van der Waals surface area (Å²) in [5, 5.41) is 3.13. The zero-order chi connectivity index (χ0) is 19.6. The molecule has 146 valence electrons. The number of hydrogen-bond acceptors (Lipinski definition) is 4. The van der Waals surface area contributed by atoms with Gasteiger partial charge in [0, 0.05) is 31.5 Å². The molecule has 1 rings (SSSR count). The van der Waals surface area contributed by atoms with Gasteiger partial charge in [-0.25, -0.2) is 4.79 Å². The van der Waals surface area contributed by atoms with Crippen LogP contribution in [0.1, 0.15) is 53.0 Å². The summed E-state index contributed by atoms with van der Waals surface area (Å²) in [5.74, 6) is 0.440. The lowest BCUT2D eigenvalue weighted by Gasteiger charge is -2.27. The van der Waals surface area contributed by atoms with Gasteiger partial charge in [-0.05, 0) is 52.2 Å². The summed E-state index contributed by atoms with van der Waals surface area (Å²) in [6.07, 6.45) is 4.80. The van der Waals surface area contributed by atoms with E-state index in [0.717, 1.165) is 12.0 Å². The molecule has 1 aromatic heterocycles. The molecule has 1 aromatic rings. The summed E-state index contributed by atoms with van der Waals surface area (Å²) in [6, 6.07) is 4.09. The maximum absolute atomic E-state index is 12.5. The minimum atomic E-state index is -0.535. The Labute approximate surface area is 157 Å². The van der Waals surface area contributed by atoms with Crippen molar-refractivity contribution >= 4 is 12.1 Å². The zero-order valence-corrected chi connectivity index (χ0v) is 16.7. The number of carbonyl (C=O) groups is 1. The van der Waals surface area contributed by atoms with Crippen LogP contribution in [0.15, 0.2) is 29.5 Å². The van der Waals surface area contributed by atoms with Gasteiger partial charge in [0.25, 0.3) is 0 Å². The van der Waals surface area contributed by atoms with E-state index in [9.17, 15) is 4.79 Å². The standard InChI is InChI=1S/C19H33N5O2/c1-6-15(2)23-17(20)22-11-8-12-24(18(25)26-19(3,4)5)14-16-9-7-10-21-13-16/h7,9-10,13,15H,6,8,11-12,14H2,1-5H3,(H3,20,22,23). The first-order valence-electron chi connectivity index (χ1n) is 9.14. The van der Waals surface area contributed by atoms with Crippen LogP contribution in [-0.2, 0) is 11.3 Å². The maximum Gasteiger partial charge on any atom is 0.410 e. The molecule has 0 aliphatic rings. The van der Waals surface area contributed by atoms with Crippen molar-refractivity contribution in [3.8, 4) is 0 Å². The SMILES string of the molecule is CCC(C)NC(N)=NCCCN(Cc1cccnc1)C(=O)OC(C)(C)C. The van der Waals surface area contributed by atoms with Crippen molar-refractivity contribution in [3.05, 3.63) is 30.1 Å². The number of aliphatic imine (C=N–C) groups is 1.